The largest absolute Gasteiger partial charge is 0.325 e. The molecular formula is C22H27NOS. The fourth-order valence-electron chi connectivity index (χ4n) is 3.46. The topological polar surface area (TPSA) is 20.3 Å². The number of nitrogens with zero attached hydrogens (tertiary/aromatic N) is 1. The van der Waals surface area contributed by atoms with Crippen LogP contribution in [0.3, 0.4) is 0 Å². The van der Waals surface area contributed by atoms with Gasteiger partial charge in [0.05, 0.1) is 5.92 Å². The van der Waals surface area contributed by atoms with Crippen LogP contribution >= 0.6 is 11.8 Å². The van der Waals surface area contributed by atoms with E-state index in [1.54, 1.807) is 0 Å². The predicted molar refractivity (Wildman–Crippen MR) is 107 cm³/mol. The van der Waals surface area contributed by atoms with Crippen LogP contribution in [0.2, 0.25) is 0 Å². The summed E-state index contributed by atoms with van der Waals surface area (Å²) in [6, 6.07) is 19.0. The maximum atomic E-state index is 13.2. The number of hydrogen-bond donors (Lipinski definition) is 0. The maximum Gasteiger partial charge on any atom is 0.231 e. The molecule has 1 aliphatic heterocycles. The van der Waals surface area contributed by atoms with Crippen molar-refractivity contribution in [1.82, 2.24) is 4.90 Å². The fourth-order valence-corrected chi connectivity index (χ4v) is 4.72. The molecule has 1 amide bonds. The Bertz CT molecular complexity index is 696. The zero-order valence-electron chi connectivity index (χ0n) is 15.3. The number of carbonyl (C=O) groups excluding carboxylic acids is 1. The first-order chi connectivity index (χ1) is 12.1. The maximum absolute atomic E-state index is 13.2. The Morgan fingerprint density at radius 3 is 2.36 bits per heavy atom. The summed E-state index contributed by atoms with van der Waals surface area (Å²) in [5.41, 5.74) is 3.71. The van der Waals surface area contributed by atoms with Gasteiger partial charge < -0.3 is 4.90 Å². The lowest BCUT2D eigenvalue weighted by Crippen LogP contribution is -2.34. The molecule has 2 nitrogen and oxygen atoms in total. The van der Waals surface area contributed by atoms with Crippen molar-refractivity contribution >= 4 is 17.7 Å². The first kappa shape index (κ1) is 18.1. The molecule has 25 heavy (non-hydrogen) atoms. The molecule has 2 atom stereocenters. The standard InChI is InChI=1S/C22H27NOS/c1-4-20(18-8-6-5-7-9-18)21(24)23-14-15-25-22(23)19-12-10-17(11-13-19)16(2)3/h5-13,16,20,22H,4,14-15H2,1-3H3. The van der Waals surface area contributed by atoms with Crippen LogP contribution in [0.25, 0.3) is 0 Å². The molecule has 2 unspecified atom stereocenters. The van der Waals surface area contributed by atoms with E-state index in [0.29, 0.717) is 5.92 Å². The van der Waals surface area contributed by atoms with E-state index in [1.807, 2.05) is 30.0 Å². The van der Waals surface area contributed by atoms with E-state index in [2.05, 4.69) is 62.1 Å². The van der Waals surface area contributed by atoms with Crippen LogP contribution in [0, 0.1) is 0 Å². The van der Waals surface area contributed by atoms with Gasteiger partial charge in [0.25, 0.3) is 0 Å². The smallest absolute Gasteiger partial charge is 0.231 e. The number of thioether (sulfide) groups is 1. The monoisotopic (exact) mass is 353 g/mol. The van der Waals surface area contributed by atoms with Gasteiger partial charge in [-0.15, -0.1) is 11.8 Å². The molecule has 3 rings (SSSR count). The number of hydrogen-bond acceptors (Lipinski definition) is 2. The minimum atomic E-state index is -0.0441. The highest BCUT2D eigenvalue weighted by Gasteiger charge is 2.34. The van der Waals surface area contributed by atoms with Crippen LogP contribution < -0.4 is 0 Å². The summed E-state index contributed by atoms with van der Waals surface area (Å²) in [6.07, 6.45) is 0.836. The Hall–Kier alpha value is -1.74. The second-order valence-electron chi connectivity index (χ2n) is 6.95. The van der Waals surface area contributed by atoms with Gasteiger partial charge in [-0.3, -0.25) is 4.79 Å². The molecule has 1 heterocycles. The quantitative estimate of drug-likeness (QED) is 0.699. The van der Waals surface area contributed by atoms with Crippen molar-refractivity contribution in [3.63, 3.8) is 0 Å². The molecule has 0 N–H and O–H groups in total. The normalized spacial score (nSPS) is 18.6. The minimum Gasteiger partial charge on any atom is -0.325 e. The molecule has 0 aliphatic carbocycles. The van der Waals surface area contributed by atoms with E-state index < -0.39 is 0 Å². The highest BCUT2D eigenvalue weighted by atomic mass is 32.2. The first-order valence-electron chi connectivity index (χ1n) is 9.18. The highest BCUT2D eigenvalue weighted by Crippen LogP contribution is 2.40. The van der Waals surface area contributed by atoms with Crippen molar-refractivity contribution in [3.05, 3.63) is 71.3 Å². The molecule has 1 aliphatic rings. The van der Waals surface area contributed by atoms with Crippen molar-refractivity contribution in [2.24, 2.45) is 0 Å². The van der Waals surface area contributed by atoms with Crippen LogP contribution in [0.1, 0.15) is 61.1 Å². The SMILES string of the molecule is CCC(C(=O)N1CCSC1c1ccc(C(C)C)cc1)c1ccccc1. The molecule has 0 bridgehead atoms. The third kappa shape index (κ3) is 3.92. The highest BCUT2D eigenvalue weighted by molar-refractivity contribution is 7.99. The van der Waals surface area contributed by atoms with Crippen molar-refractivity contribution in [1.29, 1.82) is 0 Å². The zero-order chi connectivity index (χ0) is 17.8. The van der Waals surface area contributed by atoms with Crippen LogP contribution in [-0.2, 0) is 4.79 Å². The lowest BCUT2D eigenvalue weighted by molar-refractivity contribution is -0.133. The van der Waals surface area contributed by atoms with Gasteiger partial charge >= 0.3 is 0 Å². The van der Waals surface area contributed by atoms with Crippen LogP contribution in [0.15, 0.2) is 54.6 Å². The molecule has 1 fully saturated rings. The summed E-state index contributed by atoms with van der Waals surface area (Å²) < 4.78 is 0. The minimum absolute atomic E-state index is 0.0441. The Balaban J connectivity index is 1.81. The third-order valence-electron chi connectivity index (χ3n) is 4.97. The van der Waals surface area contributed by atoms with Crippen molar-refractivity contribution in [2.45, 2.75) is 44.4 Å². The Morgan fingerprint density at radius 2 is 1.76 bits per heavy atom. The number of rotatable bonds is 5. The molecular weight excluding hydrogens is 326 g/mol. The van der Waals surface area contributed by atoms with Crippen LogP contribution in [-0.4, -0.2) is 23.1 Å². The molecule has 0 spiro atoms. The van der Waals surface area contributed by atoms with E-state index in [4.69, 9.17) is 0 Å². The van der Waals surface area contributed by atoms with Gasteiger partial charge in [0.2, 0.25) is 5.91 Å². The number of amides is 1. The van der Waals surface area contributed by atoms with Crippen molar-refractivity contribution in [2.75, 3.05) is 12.3 Å². The summed E-state index contributed by atoms with van der Waals surface area (Å²) in [6.45, 7) is 7.36. The van der Waals surface area contributed by atoms with Gasteiger partial charge in [0.1, 0.15) is 5.37 Å². The van der Waals surface area contributed by atoms with Crippen molar-refractivity contribution in [3.8, 4) is 0 Å². The number of carbonyl (C=O) groups is 1. The average Bonchev–Trinajstić information content (AvgIpc) is 3.13. The summed E-state index contributed by atoms with van der Waals surface area (Å²) in [5.74, 6) is 1.76. The molecule has 132 valence electrons. The van der Waals surface area contributed by atoms with Gasteiger partial charge in [0.15, 0.2) is 0 Å². The van der Waals surface area contributed by atoms with E-state index in [0.717, 1.165) is 24.3 Å². The van der Waals surface area contributed by atoms with Gasteiger partial charge in [-0.25, -0.2) is 0 Å². The molecule has 2 aromatic carbocycles. The van der Waals surface area contributed by atoms with Crippen LogP contribution in [0.5, 0.6) is 0 Å². The summed E-state index contributed by atoms with van der Waals surface area (Å²) >= 11 is 1.87. The Kier molecular flexibility index (Phi) is 5.85. The second-order valence-corrected chi connectivity index (χ2v) is 8.14. The lowest BCUT2D eigenvalue weighted by atomic mass is 9.94. The molecule has 0 saturated carbocycles. The van der Waals surface area contributed by atoms with E-state index in [-0.39, 0.29) is 17.2 Å². The van der Waals surface area contributed by atoms with Gasteiger partial charge in [0, 0.05) is 12.3 Å². The molecule has 0 radical (unpaired) electrons. The fraction of sp³-hybridized carbons (Fsp3) is 0.409. The van der Waals surface area contributed by atoms with Gasteiger partial charge in [-0.2, -0.15) is 0 Å². The summed E-state index contributed by atoms with van der Waals surface area (Å²) in [5, 5.41) is 0.145. The van der Waals surface area contributed by atoms with E-state index in [1.165, 1.54) is 11.1 Å². The Labute approximate surface area is 155 Å². The summed E-state index contributed by atoms with van der Waals surface area (Å²) in [4.78, 5) is 15.3. The summed E-state index contributed by atoms with van der Waals surface area (Å²) in [7, 11) is 0. The predicted octanol–water partition coefficient (Wildman–Crippen LogP) is 5.58. The molecule has 0 aromatic heterocycles. The molecule has 3 heteroatoms. The van der Waals surface area contributed by atoms with Gasteiger partial charge in [-0.1, -0.05) is 75.4 Å². The second kappa shape index (κ2) is 8.09. The average molecular weight is 354 g/mol. The molecule has 1 saturated heterocycles. The first-order valence-corrected chi connectivity index (χ1v) is 10.2. The van der Waals surface area contributed by atoms with Crippen LogP contribution in [0.4, 0.5) is 0 Å². The lowest BCUT2D eigenvalue weighted by Gasteiger charge is -2.28. The third-order valence-corrected chi connectivity index (χ3v) is 6.23. The van der Waals surface area contributed by atoms with Crippen molar-refractivity contribution < 1.29 is 4.79 Å². The van der Waals surface area contributed by atoms with Gasteiger partial charge in [-0.05, 0) is 29.0 Å². The Morgan fingerprint density at radius 1 is 1.08 bits per heavy atom. The molecule has 2 aromatic rings. The zero-order valence-corrected chi connectivity index (χ0v) is 16.1. The van der Waals surface area contributed by atoms with E-state index >= 15 is 0 Å². The number of benzene rings is 2. The van der Waals surface area contributed by atoms with E-state index in [9.17, 15) is 4.79 Å².